The molecular weight excluding hydrogens is 433 g/mol. The van der Waals surface area contributed by atoms with Crippen molar-refractivity contribution in [1.29, 1.82) is 0 Å². The van der Waals surface area contributed by atoms with E-state index in [1.807, 2.05) is 27.8 Å². The van der Waals surface area contributed by atoms with E-state index in [-0.39, 0.29) is 12.3 Å². The van der Waals surface area contributed by atoms with Crippen LogP contribution in [0, 0.1) is 0 Å². The zero-order valence-electron chi connectivity index (χ0n) is 15.9. The maximum atomic E-state index is 12.7. The van der Waals surface area contributed by atoms with Crippen LogP contribution in [-0.4, -0.2) is 47.0 Å². The molecular formula is C20H19F3N4OS2. The largest absolute Gasteiger partial charge is 0.417 e. The van der Waals surface area contributed by atoms with Crippen LogP contribution in [0.4, 0.5) is 19.0 Å². The molecule has 0 radical (unpaired) electrons. The van der Waals surface area contributed by atoms with Gasteiger partial charge in [-0.25, -0.2) is 9.97 Å². The van der Waals surface area contributed by atoms with Crippen molar-refractivity contribution in [2.75, 3.05) is 31.1 Å². The van der Waals surface area contributed by atoms with Crippen LogP contribution in [0.3, 0.4) is 0 Å². The number of amides is 1. The molecule has 4 rings (SSSR count). The number of thiazole rings is 1. The molecule has 1 aliphatic rings. The fourth-order valence-electron chi connectivity index (χ4n) is 3.31. The molecule has 3 aromatic rings. The van der Waals surface area contributed by atoms with E-state index in [2.05, 4.69) is 9.97 Å². The lowest BCUT2D eigenvalue weighted by Crippen LogP contribution is -2.36. The summed E-state index contributed by atoms with van der Waals surface area (Å²) in [6, 6.07) is 6.42. The van der Waals surface area contributed by atoms with Crippen LogP contribution in [0.2, 0.25) is 0 Å². The first kappa shape index (κ1) is 20.8. The zero-order valence-corrected chi connectivity index (χ0v) is 17.6. The third-order valence-corrected chi connectivity index (χ3v) is 6.79. The number of thiophene rings is 1. The van der Waals surface area contributed by atoms with Gasteiger partial charge in [-0.15, -0.1) is 22.7 Å². The van der Waals surface area contributed by atoms with E-state index in [0.29, 0.717) is 32.0 Å². The molecule has 1 amide bonds. The Morgan fingerprint density at radius 1 is 1.10 bits per heavy atom. The van der Waals surface area contributed by atoms with Gasteiger partial charge in [-0.1, -0.05) is 6.07 Å². The monoisotopic (exact) mass is 452 g/mol. The van der Waals surface area contributed by atoms with E-state index in [9.17, 15) is 18.0 Å². The first-order valence-corrected chi connectivity index (χ1v) is 11.2. The smallest absolute Gasteiger partial charge is 0.355 e. The van der Waals surface area contributed by atoms with Crippen LogP contribution in [-0.2, 0) is 17.4 Å². The summed E-state index contributed by atoms with van der Waals surface area (Å²) in [5.41, 5.74) is 0.00182. The summed E-state index contributed by atoms with van der Waals surface area (Å²) in [5, 5.41) is 4.84. The van der Waals surface area contributed by atoms with Crippen LogP contribution in [0.5, 0.6) is 0 Å². The number of nitrogens with zero attached hydrogens (tertiary/aromatic N) is 4. The van der Waals surface area contributed by atoms with Gasteiger partial charge in [-0.2, -0.15) is 13.2 Å². The number of hydrogen-bond acceptors (Lipinski definition) is 6. The minimum Gasteiger partial charge on any atom is -0.355 e. The Morgan fingerprint density at radius 3 is 2.67 bits per heavy atom. The van der Waals surface area contributed by atoms with Crippen molar-refractivity contribution >= 4 is 34.4 Å². The Bertz CT molecular complexity index is 986. The topological polar surface area (TPSA) is 49.3 Å². The molecule has 3 aromatic heterocycles. The van der Waals surface area contributed by atoms with Crippen molar-refractivity contribution in [1.82, 2.24) is 14.9 Å². The lowest BCUT2D eigenvalue weighted by Gasteiger charge is -2.23. The molecule has 1 fully saturated rings. The predicted molar refractivity (Wildman–Crippen MR) is 112 cm³/mol. The molecule has 0 atom stereocenters. The van der Waals surface area contributed by atoms with E-state index in [4.69, 9.17) is 0 Å². The number of aromatic nitrogens is 2. The predicted octanol–water partition coefficient (Wildman–Crippen LogP) is 4.57. The second kappa shape index (κ2) is 8.73. The quantitative estimate of drug-likeness (QED) is 0.582. The van der Waals surface area contributed by atoms with Gasteiger partial charge in [0.25, 0.3) is 0 Å². The summed E-state index contributed by atoms with van der Waals surface area (Å²) in [5.74, 6) is 0.512. The second-order valence-corrected chi connectivity index (χ2v) is 8.73. The van der Waals surface area contributed by atoms with E-state index in [1.165, 1.54) is 17.4 Å². The number of hydrogen-bond donors (Lipinski definition) is 0. The summed E-state index contributed by atoms with van der Waals surface area (Å²) in [6.07, 6.45) is -2.56. The Hall–Kier alpha value is -2.46. The fraction of sp³-hybridized carbons (Fsp3) is 0.350. The average molecular weight is 453 g/mol. The molecule has 30 heavy (non-hydrogen) atoms. The number of carbonyl (C=O) groups excluding carboxylic acids is 1. The van der Waals surface area contributed by atoms with Gasteiger partial charge < -0.3 is 9.80 Å². The van der Waals surface area contributed by atoms with Gasteiger partial charge in [-0.3, -0.25) is 4.79 Å². The van der Waals surface area contributed by atoms with Gasteiger partial charge in [-0.05, 0) is 30.0 Å². The number of halogens is 3. The second-order valence-electron chi connectivity index (χ2n) is 6.92. The summed E-state index contributed by atoms with van der Waals surface area (Å²) in [4.78, 5) is 26.1. The fourth-order valence-corrected chi connectivity index (χ4v) is 4.94. The standard InChI is InChI=1S/C20H19F3N4OS2/c21-20(22,23)14-4-5-17(24-12-14)26-6-2-7-27(9-8-26)18(28)11-15-13-30-19(25-15)16-3-1-10-29-16/h1,3-5,10,12-13H,2,6-9,11H2. The van der Waals surface area contributed by atoms with Gasteiger partial charge >= 0.3 is 6.18 Å². The minimum atomic E-state index is -4.40. The van der Waals surface area contributed by atoms with Gasteiger partial charge in [0, 0.05) is 37.8 Å². The first-order valence-electron chi connectivity index (χ1n) is 9.44. The van der Waals surface area contributed by atoms with Crippen molar-refractivity contribution in [2.45, 2.75) is 19.0 Å². The molecule has 0 N–H and O–H groups in total. The molecule has 4 heterocycles. The van der Waals surface area contributed by atoms with Crippen molar-refractivity contribution in [3.63, 3.8) is 0 Å². The van der Waals surface area contributed by atoms with Crippen LogP contribution in [0.1, 0.15) is 17.7 Å². The minimum absolute atomic E-state index is 0.0141. The van der Waals surface area contributed by atoms with Gasteiger partial charge in [0.1, 0.15) is 10.8 Å². The molecule has 158 valence electrons. The number of rotatable bonds is 4. The van der Waals surface area contributed by atoms with Gasteiger partial charge in [0.15, 0.2) is 0 Å². The van der Waals surface area contributed by atoms with E-state index in [0.717, 1.165) is 34.3 Å². The Morgan fingerprint density at radius 2 is 1.97 bits per heavy atom. The van der Waals surface area contributed by atoms with Crippen LogP contribution < -0.4 is 4.90 Å². The normalized spacial score (nSPS) is 15.3. The lowest BCUT2D eigenvalue weighted by molar-refractivity contribution is -0.137. The number of carbonyl (C=O) groups is 1. The van der Waals surface area contributed by atoms with Crippen LogP contribution >= 0.6 is 22.7 Å². The highest BCUT2D eigenvalue weighted by molar-refractivity contribution is 7.20. The molecule has 0 unspecified atom stereocenters. The third-order valence-electron chi connectivity index (χ3n) is 4.86. The summed E-state index contributed by atoms with van der Waals surface area (Å²) < 4.78 is 38.2. The molecule has 0 aromatic carbocycles. The number of anilines is 1. The van der Waals surface area contributed by atoms with Gasteiger partial charge in [0.05, 0.1) is 22.6 Å². The highest BCUT2D eigenvalue weighted by Gasteiger charge is 2.31. The van der Waals surface area contributed by atoms with Crippen molar-refractivity contribution < 1.29 is 18.0 Å². The van der Waals surface area contributed by atoms with Crippen LogP contribution in [0.15, 0.2) is 41.2 Å². The number of pyridine rings is 1. The maximum absolute atomic E-state index is 12.7. The molecule has 0 aliphatic carbocycles. The first-order chi connectivity index (χ1) is 14.4. The lowest BCUT2D eigenvalue weighted by atomic mass is 10.2. The average Bonchev–Trinajstić information content (AvgIpc) is 3.34. The molecule has 1 aliphatic heterocycles. The summed E-state index contributed by atoms with van der Waals surface area (Å²) in [6.45, 7) is 2.28. The molecule has 1 saturated heterocycles. The highest BCUT2D eigenvalue weighted by Crippen LogP contribution is 2.30. The molecule has 0 saturated carbocycles. The molecule has 5 nitrogen and oxygen atoms in total. The van der Waals surface area contributed by atoms with E-state index >= 15 is 0 Å². The summed E-state index contributed by atoms with van der Waals surface area (Å²) >= 11 is 3.15. The highest BCUT2D eigenvalue weighted by atomic mass is 32.1. The maximum Gasteiger partial charge on any atom is 0.417 e. The summed E-state index contributed by atoms with van der Waals surface area (Å²) in [7, 11) is 0. The Labute approximate surface area is 179 Å². The number of alkyl halides is 3. The van der Waals surface area contributed by atoms with E-state index < -0.39 is 11.7 Å². The zero-order chi connectivity index (χ0) is 21.1. The Balaban J connectivity index is 1.35. The van der Waals surface area contributed by atoms with E-state index in [1.54, 1.807) is 16.2 Å². The van der Waals surface area contributed by atoms with Crippen molar-refractivity contribution in [3.8, 4) is 9.88 Å². The van der Waals surface area contributed by atoms with Crippen molar-refractivity contribution in [2.24, 2.45) is 0 Å². The third kappa shape index (κ3) is 4.81. The molecule has 10 heteroatoms. The SMILES string of the molecule is O=C(Cc1csc(-c2cccs2)n1)N1CCCN(c2ccc(C(F)(F)F)cn2)CC1. The van der Waals surface area contributed by atoms with Gasteiger partial charge in [0.2, 0.25) is 5.91 Å². The van der Waals surface area contributed by atoms with Crippen LogP contribution in [0.25, 0.3) is 9.88 Å². The molecule has 0 spiro atoms. The van der Waals surface area contributed by atoms with Crippen molar-refractivity contribution in [3.05, 3.63) is 52.5 Å². The molecule has 0 bridgehead atoms. The Kier molecular flexibility index (Phi) is 6.05.